The van der Waals surface area contributed by atoms with Crippen molar-refractivity contribution in [3.63, 3.8) is 0 Å². The fourth-order valence-electron chi connectivity index (χ4n) is 2.01. The van der Waals surface area contributed by atoms with E-state index in [1.165, 1.54) is 0 Å². The van der Waals surface area contributed by atoms with Crippen molar-refractivity contribution in [1.82, 2.24) is 19.5 Å². The lowest BCUT2D eigenvalue weighted by atomic mass is 10.3. The minimum Gasteiger partial charge on any atom is -0.313 e. The average Bonchev–Trinajstić information content (AvgIpc) is 2.58. The second-order valence-electron chi connectivity index (χ2n) is 4.84. The molecule has 0 radical (unpaired) electrons. The van der Waals surface area contributed by atoms with E-state index < -0.39 is 0 Å². The van der Waals surface area contributed by atoms with Crippen molar-refractivity contribution in [3.8, 4) is 0 Å². The van der Waals surface area contributed by atoms with E-state index in [0.717, 1.165) is 11.1 Å². The molecule has 0 unspecified atom stereocenters. The first kappa shape index (κ1) is 15.6. The molecular formula is C16H13Cl2N5. The van der Waals surface area contributed by atoms with Gasteiger partial charge in [-0.1, -0.05) is 35.3 Å². The first-order chi connectivity index (χ1) is 11.2. The summed E-state index contributed by atoms with van der Waals surface area (Å²) >= 11 is 11.6. The van der Waals surface area contributed by atoms with Gasteiger partial charge >= 0.3 is 0 Å². The maximum absolute atomic E-state index is 5.81. The molecule has 0 aliphatic heterocycles. The van der Waals surface area contributed by atoms with Gasteiger partial charge in [-0.15, -0.1) is 0 Å². The lowest BCUT2D eigenvalue weighted by Gasteiger charge is -2.06. The topological polar surface area (TPSA) is 56.0 Å². The largest absolute Gasteiger partial charge is 0.313 e. The van der Waals surface area contributed by atoms with Gasteiger partial charge in [-0.3, -0.25) is 0 Å². The van der Waals surface area contributed by atoms with Crippen LogP contribution < -0.4 is 5.62 Å². The van der Waals surface area contributed by atoms with Crippen LogP contribution in [0.15, 0.2) is 60.1 Å². The summed E-state index contributed by atoms with van der Waals surface area (Å²) in [7, 11) is 0. The summed E-state index contributed by atoms with van der Waals surface area (Å²) in [6.45, 7) is 1.11. The van der Waals surface area contributed by atoms with E-state index in [2.05, 4.69) is 19.9 Å². The highest BCUT2D eigenvalue weighted by atomic mass is 35.5. The second-order valence-corrected chi connectivity index (χ2v) is 5.62. The molecule has 0 saturated heterocycles. The minimum absolute atomic E-state index is 0.469. The van der Waals surface area contributed by atoms with Crippen molar-refractivity contribution in [3.05, 3.63) is 82.2 Å². The van der Waals surface area contributed by atoms with Crippen LogP contribution in [0.25, 0.3) is 0 Å². The molecule has 23 heavy (non-hydrogen) atoms. The molecule has 0 fully saturated rings. The molecule has 3 heterocycles. The summed E-state index contributed by atoms with van der Waals surface area (Å²) in [5, 5.41) is 0.946. The maximum Gasteiger partial charge on any atom is 0.225 e. The van der Waals surface area contributed by atoms with Gasteiger partial charge in [0.05, 0.1) is 13.1 Å². The summed E-state index contributed by atoms with van der Waals surface area (Å²) in [5.41, 5.74) is 2.63. The maximum atomic E-state index is 5.81. The molecule has 0 saturated carbocycles. The number of halogens is 2. The highest BCUT2D eigenvalue weighted by Gasteiger charge is 1.99. The molecule has 116 valence electrons. The van der Waals surface area contributed by atoms with Crippen molar-refractivity contribution in [1.29, 1.82) is 0 Å². The summed E-state index contributed by atoms with van der Waals surface area (Å²) in [5.74, 6) is 0. The van der Waals surface area contributed by atoms with Crippen LogP contribution in [0.2, 0.25) is 10.3 Å². The SMILES string of the molecule is Clc1ccc(CN=c2ncccn2Cc2ccc(Cl)nc2)cn1. The lowest BCUT2D eigenvalue weighted by Crippen LogP contribution is -2.24. The van der Waals surface area contributed by atoms with Gasteiger partial charge < -0.3 is 4.57 Å². The van der Waals surface area contributed by atoms with Gasteiger partial charge in [0, 0.05) is 24.8 Å². The number of nitrogens with zero attached hydrogens (tertiary/aromatic N) is 5. The Balaban J connectivity index is 1.83. The third-order valence-electron chi connectivity index (χ3n) is 3.13. The van der Waals surface area contributed by atoms with Crippen LogP contribution in [0.5, 0.6) is 0 Å². The van der Waals surface area contributed by atoms with Crippen LogP contribution in [0.3, 0.4) is 0 Å². The van der Waals surface area contributed by atoms with Crippen molar-refractivity contribution in [2.75, 3.05) is 0 Å². The van der Waals surface area contributed by atoms with E-state index in [1.807, 2.05) is 29.0 Å². The zero-order valence-corrected chi connectivity index (χ0v) is 13.6. The van der Waals surface area contributed by atoms with Gasteiger partial charge in [-0.2, -0.15) is 0 Å². The number of rotatable bonds is 4. The Labute approximate surface area is 143 Å². The highest BCUT2D eigenvalue weighted by Crippen LogP contribution is 2.07. The number of pyridine rings is 2. The van der Waals surface area contributed by atoms with E-state index >= 15 is 0 Å². The molecule has 5 nitrogen and oxygen atoms in total. The third-order valence-corrected chi connectivity index (χ3v) is 3.58. The predicted octanol–water partition coefficient (Wildman–Crippen LogP) is 3.13. The quantitative estimate of drug-likeness (QED) is 0.682. The Bertz CT molecular complexity index is 841. The average molecular weight is 346 g/mol. The van der Waals surface area contributed by atoms with Crippen LogP contribution in [0, 0.1) is 0 Å². The van der Waals surface area contributed by atoms with Crippen LogP contribution in [-0.4, -0.2) is 19.5 Å². The van der Waals surface area contributed by atoms with Crippen molar-refractivity contribution >= 4 is 23.2 Å². The van der Waals surface area contributed by atoms with Crippen molar-refractivity contribution in [2.24, 2.45) is 4.99 Å². The van der Waals surface area contributed by atoms with E-state index in [1.54, 1.807) is 30.7 Å². The Kier molecular flexibility index (Phi) is 5.00. The Morgan fingerprint density at radius 3 is 2.26 bits per heavy atom. The zero-order chi connectivity index (χ0) is 16.1. The minimum atomic E-state index is 0.469. The fraction of sp³-hybridized carbons (Fsp3) is 0.125. The standard InChI is InChI=1S/C16H13Cl2N5/c17-14-4-2-12(8-20-14)9-22-16-19-6-1-7-23(16)11-13-3-5-15(18)21-10-13/h1-8,10H,9,11H2. The number of aromatic nitrogens is 4. The van der Waals surface area contributed by atoms with Crippen molar-refractivity contribution in [2.45, 2.75) is 13.1 Å². The van der Waals surface area contributed by atoms with Gasteiger partial charge in [0.15, 0.2) is 0 Å². The number of hydrogen-bond donors (Lipinski definition) is 0. The van der Waals surface area contributed by atoms with Gasteiger partial charge in [-0.25, -0.2) is 19.9 Å². The van der Waals surface area contributed by atoms with Crippen LogP contribution in [0.4, 0.5) is 0 Å². The highest BCUT2D eigenvalue weighted by molar-refractivity contribution is 6.29. The van der Waals surface area contributed by atoms with E-state index in [-0.39, 0.29) is 0 Å². The van der Waals surface area contributed by atoms with Gasteiger partial charge in [0.25, 0.3) is 0 Å². The lowest BCUT2D eigenvalue weighted by molar-refractivity contribution is 0.687. The molecule has 0 spiro atoms. The first-order valence-corrected chi connectivity index (χ1v) is 7.69. The summed E-state index contributed by atoms with van der Waals surface area (Å²) in [6.07, 6.45) is 7.10. The predicted molar refractivity (Wildman–Crippen MR) is 89.1 cm³/mol. The monoisotopic (exact) mass is 345 g/mol. The van der Waals surface area contributed by atoms with Gasteiger partial charge in [-0.05, 0) is 29.3 Å². The van der Waals surface area contributed by atoms with E-state index in [9.17, 15) is 0 Å². The van der Waals surface area contributed by atoms with Crippen molar-refractivity contribution < 1.29 is 0 Å². The van der Waals surface area contributed by atoms with Crippen LogP contribution in [-0.2, 0) is 13.1 Å². The molecule has 0 aliphatic rings. The Morgan fingerprint density at radius 1 is 0.913 bits per heavy atom. The molecule has 3 rings (SSSR count). The zero-order valence-electron chi connectivity index (χ0n) is 12.1. The Morgan fingerprint density at radius 2 is 1.61 bits per heavy atom. The molecule has 0 N–H and O–H groups in total. The van der Waals surface area contributed by atoms with Gasteiger partial charge in [0.1, 0.15) is 10.3 Å². The van der Waals surface area contributed by atoms with E-state index in [0.29, 0.717) is 29.0 Å². The third kappa shape index (κ3) is 4.37. The number of hydrogen-bond acceptors (Lipinski definition) is 4. The molecule has 0 amide bonds. The van der Waals surface area contributed by atoms with Gasteiger partial charge in [0.2, 0.25) is 5.62 Å². The first-order valence-electron chi connectivity index (χ1n) is 6.93. The molecule has 0 atom stereocenters. The molecule has 0 bridgehead atoms. The molecule has 3 aromatic rings. The second kappa shape index (κ2) is 7.35. The molecule has 0 aromatic carbocycles. The molecule has 7 heteroatoms. The molecule has 0 aliphatic carbocycles. The van der Waals surface area contributed by atoms with E-state index in [4.69, 9.17) is 23.2 Å². The fourth-order valence-corrected chi connectivity index (χ4v) is 2.23. The molecular weight excluding hydrogens is 333 g/mol. The normalized spacial score (nSPS) is 11.7. The smallest absolute Gasteiger partial charge is 0.225 e. The Hall–Kier alpha value is -2.24. The summed E-state index contributed by atoms with van der Waals surface area (Å²) < 4.78 is 1.95. The van der Waals surface area contributed by atoms with Crippen LogP contribution in [0.1, 0.15) is 11.1 Å². The summed E-state index contributed by atoms with van der Waals surface area (Å²) in [4.78, 5) is 17.0. The van der Waals surface area contributed by atoms with Crippen LogP contribution >= 0.6 is 23.2 Å². The molecule has 3 aromatic heterocycles. The summed E-state index contributed by atoms with van der Waals surface area (Å²) in [6, 6.07) is 9.21.